The largest absolute Gasteiger partial charge is 0.395 e. The average molecular weight is 214 g/mol. The molecule has 0 amide bonds. The Balaban J connectivity index is 2.33. The molecule has 1 radical (unpaired) electrons. The van der Waals surface area contributed by atoms with Crippen LogP contribution in [0.3, 0.4) is 0 Å². The summed E-state index contributed by atoms with van der Waals surface area (Å²) in [5.41, 5.74) is 2.56. The van der Waals surface area contributed by atoms with Gasteiger partial charge in [0.15, 0.2) is 0 Å². The molecule has 4 heteroatoms. The average Bonchev–Trinajstić information content (AvgIpc) is 2.38. The van der Waals surface area contributed by atoms with E-state index in [1.165, 1.54) is 0 Å². The van der Waals surface area contributed by atoms with Crippen LogP contribution in [0, 0.1) is 6.20 Å². The van der Waals surface area contributed by atoms with E-state index in [0.29, 0.717) is 6.54 Å². The molecular weight excluding hydrogens is 202 g/mol. The molecule has 0 aromatic carbocycles. The monoisotopic (exact) mass is 214 g/mol. The zero-order valence-corrected chi connectivity index (χ0v) is 8.72. The highest BCUT2D eigenvalue weighted by atomic mass is 16.3. The number of nitrogens with one attached hydrogen (secondary N) is 1. The number of aliphatic hydroxyl groups is 1. The van der Waals surface area contributed by atoms with Crippen molar-refractivity contribution >= 4 is 5.69 Å². The fourth-order valence-electron chi connectivity index (χ4n) is 1.41. The Morgan fingerprint density at radius 2 is 2.19 bits per heavy atom. The summed E-state index contributed by atoms with van der Waals surface area (Å²) < 4.78 is 0. The Labute approximate surface area is 94.0 Å². The van der Waals surface area contributed by atoms with Crippen LogP contribution in [0.5, 0.6) is 0 Å². The van der Waals surface area contributed by atoms with Crippen molar-refractivity contribution in [3.8, 4) is 11.3 Å². The third-order valence-corrected chi connectivity index (χ3v) is 2.12. The maximum atomic E-state index is 8.78. The molecule has 0 saturated heterocycles. The van der Waals surface area contributed by atoms with Gasteiger partial charge in [0.2, 0.25) is 0 Å². The van der Waals surface area contributed by atoms with Gasteiger partial charge in [-0.1, -0.05) is 6.07 Å². The van der Waals surface area contributed by atoms with Crippen molar-refractivity contribution in [2.75, 3.05) is 18.5 Å². The standard InChI is InChI=1S/C12H12N3O/c16-8-7-15-12-9-13-6-4-10(12)11-3-1-2-5-14-11/h1-6,15-16H,7-8H2. The zero-order chi connectivity index (χ0) is 11.2. The van der Waals surface area contributed by atoms with Crippen molar-refractivity contribution in [1.29, 1.82) is 0 Å². The van der Waals surface area contributed by atoms with Crippen molar-refractivity contribution in [3.05, 3.63) is 42.9 Å². The molecule has 2 rings (SSSR count). The smallest absolute Gasteiger partial charge is 0.115 e. The quantitative estimate of drug-likeness (QED) is 0.806. The van der Waals surface area contributed by atoms with E-state index >= 15 is 0 Å². The number of aliphatic hydroxyl groups excluding tert-OH is 1. The minimum atomic E-state index is 0.0738. The number of hydrogen-bond donors (Lipinski definition) is 2. The van der Waals surface area contributed by atoms with Gasteiger partial charge in [0.05, 0.1) is 18.0 Å². The van der Waals surface area contributed by atoms with Crippen LogP contribution < -0.4 is 5.32 Å². The van der Waals surface area contributed by atoms with E-state index in [9.17, 15) is 0 Å². The third-order valence-electron chi connectivity index (χ3n) is 2.12. The molecule has 16 heavy (non-hydrogen) atoms. The summed E-state index contributed by atoms with van der Waals surface area (Å²) >= 11 is 0. The van der Waals surface area contributed by atoms with Crippen molar-refractivity contribution in [3.63, 3.8) is 0 Å². The van der Waals surface area contributed by atoms with Gasteiger partial charge < -0.3 is 10.4 Å². The van der Waals surface area contributed by atoms with Gasteiger partial charge in [-0.25, -0.2) is 0 Å². The highest BCUT2D eigenvalue weighted by molar-refractivity contribution is 5.73. The van der Waals surface area contributed by atoms with Gasteiger partial charge in [-0.05, 0) is 18.2 Å². The lowest BCUT2D eigenvalue weighted by molar-refractivity contribution is 0.311. The molecule has 81 valence electrons. The van der Waals surface area contributed by atoms with Crippen molar-refractivity contribution < 1.29 is 5.11 Å². The second kappa shape index (κ2) is 5.23. The van der Waals surface area contributed by atoms with Gasteiger partial charge in [-0.3, -0.25) is 9.97 Å². The Morgan fingerprint density at radius 3 is 2.94 bits per heavy atom. The van der Waals surface area contributed by atoms with Crippen LogP contribution in [0.15, 0.2) is 36.7 Å². The van der Waals surface area contributed by atoms with Gasteiger partial charge >= 0.3 is 0 Å². The fraction of sp³-hybridized carbons (Fsp3) is 0.167. The number of hydrogen-bond acceptors (Lipinski definition) is 4. The van der Waals surface area contributed by atoms with Crippen molar-refractivity contribution in [2.45, 2.75) is 0 Å². The van der Waals surface area contributed by atoms with Crippen LogP contribution in [-0.4, -0.2) is 28.2 Å². The highest BCUT2D eigenvalue weighted by Crippen LogP contribution is 2.23. The molecule has 0 spiro atoms. The Morgan fingerprint density at radius 1 is 1.25 bits per heavy atom. The van der Waals surface area contributed by atoms with Crippen molar-refractivity contribution in [2.24, 2.45) is 0 Å². The van der Waals surface area contributed by atoms with E-state index in [1.54, 1.807) is 12.4 Å². The normalized spacial score (nSPS) is 10.1. The molecular formula is C12H12N3O. The summed E-state index contributed by atoms with van der Waals surface area (Å²) in [6.07, 6.45) is 6.27. The first-order valence-electron chi connectivity index (χ1n) is 5.04. The highest BCUT2D eigenvalue weighted by Gasteiger charge is 2.05. The molecule has 2 heterocycles. The number of anilines is 1. The predicted molar refractivity (Wildman–Crippen MR) is 61.9 cm³/mol. The lowest BCUT2D eigenvalue weighted by Gasteiger charge is -2.08. The van der Waals surface area contributed by atoms with Gasteiger partial charge in [0, 0.05) is 24.5 Å². The van der Waals surface area contributed by atoms with E-state index < -0.39 is 0 Å². The van der Waals surface area contributed by atoms with Gasteiger partial charge in [-0.15, -0.1) is 0 Å². The molecule has 4 nitrogen and oxygen atoms in total. The van der Waals surface area contributed by atoms with E-state index in [1.807, 2.05) is 24.3 Å². The zero-order valence-electron chi connectivity index (χ0n) is 8.72. The second-order valence-corrected chi connectivity index (χ2v) is 3.21. The maximum absolute atomic E-state index is 8.78. The first kappa shape index (κ1) is 10.6. The summed E-state index contributed by atoms with van der Waals surface area (Å²) in [7, 11) is 0. The van der Waals surface area contributed by atoms with Crippen LogP contribution in [-0.2, 0) is 0 Å². The summed E-state index contributed by atoms with van der Waals surface area (Å²) in [5, 5.41) is 11.8. The third kappa shape index (κ3) is 2.35. The first-order chi connectivity index (χ1) is 7.92. The fourth-order valence-corrected chi connectivity index (χ4v) is 1.41. The Bertz CT molecular complexity index is 445. The van der Waals surface area contributed by atoms with E-state index in [-0.39, 0.29) is 6.61 Å². The lowest BCUT2D eigenvalue weighted by Crippen LogP contribution is -2.07. The number of aromatic nitrogens is 2. The number of rotatable bonds is 4. The van der Waals surface area contributed by atoms with Crippen LogP contribution in [0.1, 0.15) is 0 Å². The first-order valence-corrected chi connectivity index (χ1v) is 5.04. The molecule has 2 aromatic rings. The summed E-state index contributed by atoms with van der Waals surface area (Å²) in [4.78, 5) is 8.19. The molecule has 0 aliphatic heterocycles. The summed E-state index contributed by atoms with van der Waals surface area (Å²) in [6.45, 7) is 0.548. The molecule has 0 fully saturated rings. The Hall–Kier alpha value is -1.94. The minimum absolute atomic E-state index is 0.0738. The van der Waals surface area contributed by atoms with Gasteiger partial charge in [-0.2, -0.15) is 0 Å². The topological polar surface area (TPSA) is 58.0 Å². The maximum Gasteiger partial charge on any atom is 0.115 e. The van der Waals surface area contributed by atoms with Crippen LogP contribution in [0.25, 0.3) is 11.3 Å². The number of pyridine rings is 2. The van der Waals surface area contributed by atoms with Crippen LogP contribution in [0.4, 0.5) is 5.69 Å². The second-order valence-electron chi connectivity index (χ2n) is 3.21. The lowest BCUT2D eigenvalue weighted by atomic mass is 10.1. The molecule has 0 aliphatic carbocycles. The van der Waals surface area contributed by atoms with E-state index in [4.69, 9.17) is 5.11 Å². The Kier molecular flexibility index (Phi) is 3.46. The molecule has 2 aromatic heterocycles. The molecule has 2 N–H and O–H groups in total. The summed E-state index contributed by atoms with van der Waals surface area (Å²) in [5.74, 6) is 0. The van der Waals surface area contributed by atoms with Gasteiger partial charge in [0.1, 0.15) is 6.20 Å². The molecule has 0 aliphatic rings. The van der Waals surface area contributed by atoms with Crippen molar-refractivity contribution in [1.82, 2.24) is 9.97 Å². The SMILES string of the molecule is OCCNc1[c]nccc1-c1ccccn1. The van der Waals surface area contributed by atoms with Crippen LogP contribution >= 0.6 is 0 Å². The van der Waals surface area contributed by atoms with Gasteiger partial charge in [0.25, 0.3) is 0 Å². The van der Waals surface area contributed by atoms with E-state index in [2.05, 4.69) is 21.5 Å². The predicted octanol–water partition coefficient (Wildman–Crippen LogP) is 1.35. The minimum Gasteiger partial charge on any atom is -0.395 e. The molecule has 0 bridgehead atoms. The van der Waals surface area contributed by atoms with Crippen LogP contribution in [0.2, 0.25) is 0 Å². The summed E-state index contributed by atoms with van der Waals surface area (Å²) in [6, 6.07) is 7.60. The van der Waals surface area contributed by atoms with E-state index in [0.717, 1.165) is 16.9 Å². The number of nitrogens with zero attached hydrogens (tertiary/aromatic N) is 2. The molecule has 0 unspecified atom stereocenters. The molecule has 0 saturated carbocycles. The molecule has 0 atom stereocenters.